The third-order valence-corrected chi connectivity index (χ3v) is 5.29. The van der Waals surface area contributed by atoms with Gasteiger partial charge in [0, 0.05) is 37.3 Å². The molecule has 1 fully saturated rings. The number of rotatable bonds is 4. The summed E-state index contributed by atoms with van der Waals surface area (Å²) in [5, 5.41) is 5.38. The number of ether oxygens (including phenoxy) is 2. The van der Waals surface area contributed by atoms with Crippen LogP contribution >= 0.6 is 0 Å². The van der Waals surface area contributed by atoms with Crippen LogP contribution in [0.15, 0.2) is 36.4 Å². The van der Waals surface area contributed by atoms with Gasteiger partial charge >= 0.3 is 0 Å². The number of likely N-dealkylation sites (tertiary alicyclic amines) is 1. The van der Waals surface area contributed by atoms with E-state index < -0.39 is 0 Å². The number of hydrogen-bond acceptors (Lipinski definition) is 5. The Kier molecular flexibility index (Phi) is 5.79. The molecule has 0 spiro atoms. The maximum atomic E-state index is 13.4. The molecule has 1 unspecified atom stereocenters. The van der Waals surface area contributed by atoms with E-state index >= 15 is 0 Å². The van der Waals surface area contributed by atoms with Crippen molar-refractivity contribution in [2.45, 2.75) is 32.7 Å². The Hall–Kier alpha value is -3.55. The van der Waals surface area contributed by atoms with Gasteiger partial charge in [-0.1, -0.05) is 6.07 Å². The van der Waals surface area contributed by atoms with Crippen molar-refractivity contribution < 1.29 is 23.9 Å². The van der Waals surface area contributed by atoms with Crippen LogP contribution in [-0.2, 0) is 9.59 Å². The van der Waals surface area contributed by atoms with Gasteiger partial charge in [-0.2, -0.15) is 0 Å². The summed E-state index contributed by atoms with van der Waals surface area (Å²) in [4.78, 5) is 38.3. The van der Waals surface area contributed by atoms with Gasteiger partial charge in [0.1, 0.15) is 13.2 Å². The van der Waals surface area contributed by atoms with E-state index in [0.29, 0.717) is 48.2 Å². The molecule has 2 aromatic rings. The van der Waals surface area contributed by atoms with Crippen molar-refractivity contribution in [3.63, 3.8) is 0 Å². The Balaban J connectivity index is 1.63. The van der Waals surface area contributed by atoms with Crippen molar-refractivity contribution >= 4 is 29.1 Å². The fourth-order valence-electron chi connectivity index (χ4n) is 4.09. The number of hydrogen-bond donors (Lipinski definition) is 2. The molecule has 31 heavy (non-hydrogen) atoms. The quantitative estimate of drug-likeness (QED) is 0.786. The molecular weight excluding hydrogens is 398 g/mol. The number of carbonyl (C=O) groups is 3. The molecular formula is C23H25N3O5. The van der Waals surface area contributed by atoms with E-state index in [2.05, 4.69) is 10.6 Å². The molecule has 0 bridgehead atoms. The monoisotopic (exact) mass is 423 g/mol. The van der Waals surface area contributed by atoms with E-state index in [0.717, 1.165) is 18.4 Å². The van der Waals surface area contributed by atoms with Crippen LogP contribution in [0.4, 0.5) is 11.4 Å². The second-order valence-electron chi connectivity index (χ2n) is 7.72. The number of nitrogens with one attached hydrogen (secondary N) is 2. The summed E-state index contributed by atoms with van der Waals surface area (Å²) in [6.45, 7) is 4.45. The third kappa shape index (κ3) is 4.63. The van der Waals surface area contributed by atoms with Gasteiger partial charge < -0.3 is 25.0 Å². The number of nitrogens with zero attached hydrogens (tertiary/aromatic N) is 1. The highest BCUT2D eigenvalue weighted by molar-refractivity contribution is 6.00. The third-order valence-electron chi connectivity index (χ3n) is 5.29. The van der Waals surface area contributed by atoms with E-state index in [4.69, 9.17) is 9.47 Å². The van der Waals surface area contributed by atoms with E-state index in [1.807, 2.05) is 23.1 Å². The molecule has 4 rings (SSSR count). The maximum Gasteiger partial charge on any atom is 0.254 e. The molecule has 2 aliphatic rings. The molecule has 0 radical (unpaired) electrons. The van der Waals surface area contributed by atoms with Gasteiger partial charge in [0.15, 0.2) is 11.5 Å². The summed E-state index contributed by atoms with van der Waals surface area (Å²) < 4.78 is 11.3. The minimum Gasteiger partial charge on any atom is -0.486 e. The number of carbonyl (C=O) groups excluding carboxylic acids is 3. The van der Waals surface area contributed by atoms with Gasteiger partial charge in [-0.25, -0.2) is 0 Å². The van der Waals surface area contributed by atoms with Crippen molar-refractivity contribution in [2.75, 3.05) is 30.4 Å². The lowest BCUT2D eigenvalue weighted by atomic mass is 10.0. The minimum atomic E-state index is -0.256. The molecule has 162 valence electrons. The molecule has 1 atom stereocenters. The Morgan fingerprint density at radius 3 is 2.19 bits per heavy atom. The number of anilines is 2. The lowest BCUT2D eigenvalue weighted by Crippen LogP contribution is -2.31. The number of fused-ring (bicyclic) bond motifs is 1. The van der Waals surface area contributed by atoms with Gasteiger partial charge in [0.05, 0.1) is 6.04 Å². The number of benzene rings is 2. The predicted octanol–water partition coefficient (Wildman–Crippen LogP) is 3.35. The van der Waals surface area contributed by atoms with Gasteiger partial charge in [-0.15, -0.1) is 0 Å². The minimum absolute atomic E-state index is 0.0861. The molecule has 2 heterocycles. The first-order valence-corrected chi connectivity index (χ1v) is 10.3. The van der Waals surface area contributed by atoms with Crippen LogP contribution in [-0.4, -0.2) is 42.4 Å². The van der Waals surface area contributed by atoms with Gasteiger partial charge in [0.25, 0.3) is 5.91 Å². The largest absolute Gasteiger partial charge is 0.486 e. The Labute approximate surface area is 180 Å². The standard InChI is InChI=1S/C23H25N3O5/c1-14(27)24-18-10-17(11-19(13-18)25-15(2)28)23(29)26-7-3-4-20(26)16-5-6-21-22(12-16)31-9-8-30-21/h5-6,10-13,20H,3-4,7-9H2,1-2H3,(H,24,27)(H,25,28). The van der Waals surface area contributed by atoms with Crippen molar-refractivity contribution in [1.82, 2.24) is 4.90 Å². The van der Waals surface area contributed by atoms with E-state index in [1.54, 1.807) is 18.2 Å². The fourth-order valence-corrected chi connectivity index (χ4v) is 4.09. The topological polar surface area (TPSA) is 97.0 Å². The molecule has 3 amide bonds. The zero-order chi connectivity index (χ0) is 22.0. The normalized spacial score (nSPS) is 17.2. The highest BCUT2D eigenvalue weighted by atomic mass is 16.6. The second kappa shape index (κ2) is 8.67. The summed E-state index contributed by atoms with van der Waals surface area (Å²) >= 11 is 0. The first-order chi connectivity index (χ1) is 14.9. The van der Waals surface area contributed by atoms with Crippen molar-refractivity contribution in [3.05, 3.63) is 47.5 Å². The Morgan fingerprint density at radius 1 is 0.903 bits per heavy atom. The molecule has 2 aromatic carbocycles. The van der Waals surface area contributed by atoms with Crippen LogP contribution in [0.5, 0.6) is 11.5 Å². The van der Waals surface area contributed by atoms with Crippen LogP contribution in [0.3, 0.4) is 0 Å². The zero-order valence-corrected chi connectivity index (χ0v) is 17.6. The van der Waals surface area contributed by atoms with Crippen LogP contribution < -0.4 is 20.1 Å². The molecule has 2 N–H and O–H groups in total. The molecule has 2 aliphatic heterocycles. The van der Waals surface area contributed by atoms with Crippen LogP contribution in [0.25, 0.3) is 0 Å². The highest BCUT2D eigenvalue weighted by Gasteiger charge is 2.32. The zero-order valence-electron chi connectivity index (χ0n) is 17.6. The lowest BCUT2D eigenvalue weighted by Gasteiger charge is -2.27. The summed E-state index contributed by atoms with van der Waals surface area (Å²) in [7, 11) is 0. The van der Waals surface area contributed by atoms with E-state index in [1.165, 1.54) is 13.8 Å². The second-order valence-corrected chi connectivity index (χ2v) is 7.72. The first kappa shape index (κ1) is 20.7. The van der Waals surface area contributed by atoms with E-state index in [-0.39, 0.29) is 23.8 Å². The fraction of sp³-hybridized carbons (Fsp3) is 0.348. The SMILES string of the molecule is CC(=O)Nc1cc(NC(C)=O)cc(C(=O)N2CCCC2c2ccc3c(c2)OCCO3)c1. The van der Waals surface area contributed by atoms with Gasteiger partial charge in [-0.3, -0.25) is 14.4 Å². The van der Waals surface area contributed by atoms with Gasteiger partial charge in [0.2, 0.25) is 11.8 Å². The molecule has 1 saturated heterocycles. The van der Waals surface area contributed by atoms with Crippen molar-refractivity contribution in [2.24, 2.45) is 0 Å². The van der Waals surface area contributed by atoms with E-state index in [9.17, 15) is 14.4 Å². The molecule has 8 nitrogen and oxygen atoms in total. The van der Waals surface area contributed by atoms with Gasteiger partial charge in [-0.05, 0) is 48.7 Å². The molecule has 0 aliphatic carbocycles. The highest BCUT2D eigenvalue weighted by Crippen LogP contribution is 2.39. The number of amides is 3. The Bertz CT molecular complexity index is 1000. The van der Waals surface area contributed by atoms with Crippen LogP contribution in [0, 0.1) is 0 Å². The first-order valence-electron chi connectivity index (χ1n) is 10.3. The average Bonchev–Trinajstić information content (AvgIpc) is 3.21. The summed E-state index contributed by atoms with van der Waals surface area (Å²) in [6.07, 6.45) is 1.73. The van der Waals surface area contributed by atoms with Crippen LogP contribution in [0.1, 0.15) is 48.7 Å². The predicted molar refractivity (Wildman–Crippen MR) is 115 cm³/mol. The average molecular weight is 423 g/mol. The molecule has 0 saturated carbocycles. The maximum absolute atomic E-state index is 13.4. The summed E-state index contributed by atoms with van der Waals surface area (Å²) in [5.74, 6) is 0.746. The Morgan fingerprint density at radius 2 is 1.55 bits per heavy atom. The van der Waals surface area contributed by atoms with Crippen molar-refractivity contribution in [1.29, 1.82) is 0 Å². The summed E-state index contributed by atoms with van der Waals surface area (Å²) in [5.41, 5.74) is 2.31. The smallest absolute Gasteiger partial charge is 0.254 e. The van der Waals surface area contributed by atoms with Crippen molar-refractivity contribution in [3.8, 4) is 11.5 Å². The lowest BCUT2D eigenvalue weighted by molar-refractivity contribution is -0.115. The molecule has 8 heteroatoms. The van der Waals surface area contributed by atoms with Crippen LogP contribution in [0.2, 0.25) is 0 Å². The summed E-state index contributed by atoms with van der Waals surface area (Å²) in [6, 6.07) is 10.6. The molecule has 0 aromatic heterocycles.